The maximum Gasteiger partial charge on any atom is 0.0327 e. The molecule has 6 rings (SSSR count). The zero-order valence-corrected chi connectivity index (χ0v) is 25.5. The predicted octanol–water partition coefficient (Wildman–Crippen LogP) is 11.3. The van der Waals surface area contributed by atoms with E-state index >= 15 is 0 Å². The fraction of sp³-hybridized carbons (Fsp3) is 0.190. The number of benzene rings is 6. The molecule has 0 aliphatic carbocycles. The lowest BCUT2D eigenvalue weighted by atomic mass is 9.83. The lowest BCUT2D eigenvalue weighted by Crippen LogP contribution is -2.11. The minimum Gasteiger partial charge on any atom is -0.0616 e. The van der Waals surface area contributed by atoms with Gasteiger partial charge in [-0.25, -0.2) is 0 Å². The quantitative estimate of drug-likeness (QED) is 0.191. The van der Waals surface area contributed by atoms with Crippen molar-refractivity contribution in [3.05, 3.63) is 144 Å². The van der Waals surface area contributed by atoms with Crippen molar-refractivity contribution in [2.24, 2.45) is 0 Å². The molecule has 0 amide bonds. The first-order valence-electron chi connectivity index (χ1n) is 14.9. The van der Waals surface area contributed by atoms with Crippen molar-refractivity contribution in [2.45, 2.75) is 52.4 Å². The zero-order valence-electron chi connectivity index (χ0n) is 25.5. The second-order valence-corrected chi connectivity index (χ2v) is 13.4. The summed E-state index contributed by atoms with van der Waals surface area (Å²) in [6.07, 6.45) is 0. The molecule has 0 saturated carbocycles. The first-order chi connectivity index (χ1) is 20.1. The van der Waals surface area contributed by atoms with Gasteiger partial charge in [0.05, 0.1) is 0 Å². The van der Waals surface area contributed by atoms with E-state index in [4.69, 9.17) is 0 Å². The maximum atomic E-state index is 3.61. The molecule has 6 aromatic rings. The molecule has 6 aromatic carbocycles. The van der Waals surface area contributed by atoms with Crippen LogP contribution in [0.2, 0.25) is 0 Å². The largest absolute Gasteiger partial charge is 0.0616 e. The fourth-order valence-corrected chi connectivity index (χ4v) is 5.57. The molecular weight excluding hydrogens is 504 g/mol. The molecule has 0 heterocycles. The molecule has 0 saturated heterocycles. The molecule has 0 fully saturated rings. The van der Waals surface area contributed by atoms with Crippen molar-refractivity contribution < 1.29 is 0 Å². The molecular formula is C42H38. The average Bonchev–Trinajstić information content (AvgIpc) is 2.98. The van der Waals surface area contributed by atoms with Crippen LogP contribution in [0.1, 0.15) is 63.8 Å². The number of fused-ring (bicyclic) bond motifs is 2. The van der Waals surface area contributed by atoms with Gasteiger partial charge in [0.2, 0.25) is 0 Å². The lowest BCUT2D eigenvalue weighted by Gasteiger charge is -2.21. The van der Waals surface area contributed by atoms with Crippen LogP contribution in [0.3, 0.4) is 0 Å². The highest BCUT2D eigenvalue weighted by Gasteiger charge is 2.18. The van der Waals surface area contributed by atoms with Crippen LogP contribution in [-0.2, 0) is 10.8 Å². The molecule has 42 heavy (non-hydrogen) atoms. The first-order valence-corrected chi connectivity index (χ1v) is 14.9. The van der Waals surface area contributed by atoms with Crippen LogP contribution in [0.5, 0.6) is 0 Å². The van der Waals surface area contributed by atoms with Crippen LogP contribution >= 0.6 is 0 Å². The Kier molecular flexibility index (Phi) is 7.00. The van der Waals surface area contributed by atoms with Crippen LogP contribution in [0.25, 0.3) is 43.8 Å². The summed E-state index contributed by atoms with van der Waals surface area (Å²) in [7, 11) is 0. The van der Waals surface area contributed by atoms with Gasteiger partial charge in [-0.3, -0.25) is 0 Å². The van der Waals surface area contributed by atoms with Crippen LogP contribution in [0.4, 0.5) is 0 Å². The van der Waals surface area contributed by atoms with Gasteiger partial charge in [-0.05, 0) is 102 Å². The monoisotopic (exact) mass is 542 g/mol. The Morgan fingerprint density at radius 3 is 1.14 bits per heavy atom. The number of rotatable bonds is 2. The van der Waals surface area contributed by atoms with Crippen LogP contribution in [0, 0.1) is 11.8 Å². The van der Waals surface area contributed by atoms with Crippen molar-refractivity contribution in [1.29, 1.82) is 0 Å². The molecule has 0 nitrogen and oxygen atoms in total. The van der Waals surface area contributed by atoms with Crippen LogP contribution in [-0.4, -0.2) is 0 Å². The highest BCUT2D eigenvalue weighted by atomic mass is 14.2. The van der Waals surface area contributed by atoms with E-state index in [-0.39, 0.29) is 10.8 Å². The standard InChI is InChI=1S/C42H38/c1-41(2,3)37-23-21-31(39(27-37)35-19-15-29-11-7-9-13-33(29)25-35)17-18-32-22-24-38(42(4,5)6)28-40(32)36-20-16-30-12-8-10-14-34(30)26-36/h7-16,19-28H,1-6H3. The number of hydrogen-bond donors (Lipinski definition) is 0. The molecule has 0 unspecified atom stereocenters. The number of hydrogen-bond acceptors (Lipinski definition) is 0. The van der Waals surface area contributed by atoms with Crippen molar-refractivity contribution in [1.82, 2.24) is 0 Å². The predicted molar refractivity (Wildman–Crippen MR) is 182 cm³/mol. The summed E-state index contributed by atoms with van der Waals surface area (Å²) in [5.74, 6) is 7.22. The second kappa shape index (κ2) is 10.7. The van der Waals surface area contributed by atoms with E-state index in [1.54, 1.807) is 0 Å². The van der Waals surface area contributed by atoms with Crippen LogP contribution < -0.4 is 0 Å². The third kappa shape index (κ3) is 5.61. The Morgan fingerprint density at radius 2 is 0.762 bits per heavy atom. The Hall–Kier alpha value is -4.60. The topological polar surface area (TPSA) is 0 Å². The fourth-order valence-electron chi connectivity index (χ4n) is 5.57. The summed E-state index contributed by atoms with van der Waals surface area (Å²) >= 11 is 0. The Labute approximate surface area is 251 Å². The Bertz CT molecular complexity index is 1850. The van der Waals surface area contributed by atoms with E-state index in [0.29, 0.717) is 0 Å². The highest BCUT2D eigenvalue weighted by molar-refractivity contribution is 5.90. The van der Waals surface area contributed by atoms with Gasteiger partial charge in [-0.2, -0.15) is 0 Å². The minimum atomic E-state index is 0.0452. The van der Waals surface area contributed by atoms with Gasteiger partial charge in [-0.15, -0.1) is 0 Å². The molecule has 0 heteroatoms. The van der Waals surface area contributed by atoms with Crippen molar-refractivity contribution in [2.75, 3.05) is 0 Å². The molecule has 0 aliphatic rings. The molecule has 0 aliphatic heterocycles. The average molecular weight is 543 g/mol. The van der Waals surface area contributed by atoms with E-state index in [1.165, 1.54) is 54.9 Å². The summed E-state index contributed by atoms with van der Waals surface area (Å²) in [6.45, 7) is 13.6. The van der Waals surface area contributed by atoms with Crippen molar-refractivity contribution in [3.8, 4) is 34.1 Å². The zero-order chi connectivity index (χ0) is 29.5. The molecule has 0 aromatic heterocycles. The SMILES string of the molecule is CC(C)(C)c1ccc(C#Cc2ccc(C(C)(C)C)cc2-c2ccc3ccccc3c2)c(-c2ccc3ccccc3c2)c1. The van der Waals surface area contributed by atoms with E-state index < -0.39 is 0 Å². The van der Waals surface area contributed by atoms with E-state index in [0.717, 1.165) is 11.1 Å². The Balaban J connectivity index is 1.52. The first kappa shape index (κ1) is 27.6. The van der Waals surface area contributed by atoms with Gasteiger partial charge >= 0.3 is 0 Å². The maximum absolute atomic E-state index is 3.61. The van der Waals surface area contributed by atoms with E-state index in [9.17, 15) is 0 Å². The second-order valence-electron chi connectivity index (χ2n) is 13.4. The third-order valence-electron chi connectivity index (χ3n) is 8.22. The third-order valence-corrected chi connectivity index (χ3v) is 8.22. The molecule has 0 radical (unpaired) electrons. The Morgan fingerprint density at radius 1 is 0.381 bits per heavy atom. The highest BCUT2D eigenvalue weighted by Crippen LogP contribution is 2.34. The van der Waals surface area contributed by atoms with E-state index in [1.807, 2.05) is 0 Å². The molecule has 0 N–H and O–H groups in total. The van der Waals surface area contributed by atoms with Gasteiger partial charge in [-0.1, -0.05) is 138 Å². The summed E-state index contributed by atoms with van der Waals surface area (Å²) in [4.78, 5) is 0. The summed E-state index contributed by atoms with van der Waals surface area (Å²) in [5, 5.41) is 4.98. The van der Waals surface area contributed by atoms with Gasteiger partial charge in [0, 0.05) is 11.1 Å². The summed E-state index contributed by atoms with van der Waals surface area (Å²) in [5.41, 5.74) is 9.55. The molecule has 0 atom stereocenters. The van der Waals surface area contributed by atoms with Crippen molar-refractivity contribution >= 4 is 21.5 Å². The molecule has 206 valence electrons. The van der Waals surface area contributed by atoms with Crippen LogP contribution in [0.15, 0.2) is 121 Å². The van der Waals surface area contributed by atoms with Gasteiger partial charge in [0.25, 0.3) is 0 Å². The summed E-state index contributed by atoms with van der Waals surface area (Å²) in [6, 6.07) is 44.1. The lowest BCUT2D eigenvalue weighted by molar-refractivity contribution is 0.590. The molecule has 0 spiro atoms. The summed E-state index contributed by atoms with van der Waals surface area (Å²) < 4.78 is 0. The minimum absolute atomic E-state index is 0.0452. The normalized spacial score (nSPS) is 11.9. The van der Waals surface area contributed by atoms with Gasteiger partial charge in [0.15, 0.2) is 0 Å². The van der Waals surface area contributed by atoms with E-state index in [2.05, 4.69) is 175 Å². The van der Waals surface area contributed by atoms with Gasteiger partial charge in [0.1, 0.15) is 0 Å². The smallest absolute Gasteiger partial charge is 0.0327 e. The molecule has 0 bridgehead atoms. The van der Waals surface area contributed by atoms with Crippen molar-refractivity contribution in [3.63, 3.8) is 0 Å². The van der Waals surface area contributed by atoms with Gasteiger partial charge < -0.3 is 0 Å².